The third-order valence-corrected chi connectivity index (χ3v) is 5.01. The van der Waals surface area contributed by atoms with Crippen molar-refractivity contribution in [1.29, 1.82) is 0 Å². The Hall–Kier alpha value is -0.770. The Bertz CT molecular complexity index is 545. The van der Waals surface area contributed by atoms with Gasteiger partial charge in [-0.1, -0.05) is 29.3 Å². The lowest BCUT2D eigenvalue weighted by atomic mass is 10.1. The van der Waals surface area contributed by atoms with E-state index >= 15 is 0 Å². The molecule has 114 valence electrons. The van der Waals surface area contributed by atoms with E-state index in [2.05, 4.69) is 5.32 Å². The van der Waals surface area contributed by atoms with Crippen molar-refractivity contribution in [2.45, 2.75) is 37.6 Å². The Labute approximate surface area is 134 Å². The van der Waals surface area contributed by atoms with Crippen molar-refractivity contribution in [3.63, 3.8) is 0 Å². The lowest BCUT2D eigenvalue weighted by Gasteiger charge is -2.17. The van der Waals surface area contributed by atoms with Gasteiger partial charge in [0.05, 0.1) is 0 Å². The van der Waals surface area contributed by atoms with E-state index in [1.807, 2.05) is 12.1 Å². The van der Waals surface area contributed by atoms with Gasteiger partial charge in [-0.25, -0.2) is 0 Å². The van der Waals surface area contributed by atoms with E-state index in [1.165, 1.54) is 0 Å². The summed E-state index contributed by atoms with van der Waals surface area (Å²) < 4.78 is 0. The summed E-state index contributed by atoms with van der Waals surface area (Å²) in [5.74, 6) is 0.848. The average Bonchev–Trinajstić information content (AvgIpc) is 3.31. The minimum Gasteiger partial charge on any atom is -0.396 e. The van der Waals surface area contributed by atoms with Gasteiger partial charge in [-0.2, -0.15) is 0 Å². The number of carbonyl (C=O) groups excluding carboxylic acids is 1. The van der Waals surface area contributed by atoms with Crippen LogP contribution in [-0.4, -0.2) is 23.7 Å². The predicted octanol–water partition coefficient (Wildman–Crippen LogP) is 3.37. The van der Waals surface area contributed by atoms with Gasteiger partial charge in [-0.05, 0) is 55.2 Å². The second-order valence-electron chi connectivity index (χ2n) is 6.08. The Morgan fingerprint density at radius 1 is 1.38 bits per heavy atom. The minimum atomic E-state index is 0.00335. The van der Waals surface area contributed by atoms with E-state index < -0.39 is 0 Å². The number of nitrogens with one attached hydrogen (secondary N) is 1. The number of aliphatic hydroxyl groups is 1. The van der Waals surface area contributed by atoms with Crippen LogP contribution in [0, 0.1) is 11.8 Å². The number of carbonyl (C=O) groups is 1. The summed E-state index contributed by atoms with van der Waals surface area (Å²) in [7, 11) is 0. The zero-order valence-corrected chi connectivity index (χ0v) is 13.2. The van der Waals surface area contributed by atoms with Crippen molar-refractivity contribution >= 4 is 29.1 Å². The number of aliphatic hydroxyl groups excluding tert-OH is 1. The van der Waals surface area contributed by atoms with Crippen LogP contribution in [0.1, 0.15) is 37.2 Å². The van der Waals surface area contributed by atoms with E-state index in [0.29, 0.717) is 22.4 Å². The molecular formula is C16H19Cl2NO2. The highest BCUT2D eigenvalue weighted by atomic mass is 35.5. The van der Waals surface area contributed by atoms with Crippen molar-refractivity contribution in [2.75, 3.05) is 6.61 Å². The molecule has 0 bridgehead atoms. The van der Waals surface area contributed by atoms with Gasteiger partial charge in [-0.3, -0.25) is 4.79 Å². The molecule has 0 spiro atoms. The highest BCUT2D eigenvalue weighted by Crippen LogP contribution is 2.50. The summed E-state index contributed by atoms with van der Waals surface area (Å²) in [6.45, 7) is 0.124. The minimum absolute atomic E-state index is 0.00335. The van der Waals surface area contributed by atoms with Crippen molar-refractivity contribution < 1.29 is 9.90 Å². The van der Waals surface area contributed by atoms with Crippen LogP contribution in [0.5, 0.6) is 0 Å². The molecule has 1 aromatic carbocycles. The molecule has 1 aromatic rings. The fourth-order valence-corrected chi connectivity index (χ4v) is 3.53. The molecule has 0 heterocycles. The number of benzene rings is 1. The van der Waals surface area contributed by atoms with Crippen LogP contribution < -0.4 is 5.32 Å². The van der Waals surface area contributed by atoms with Crippen LogP contribution in [0.3, 0.4) is 0 Å². The Kier molecular flexibility index (Phi) is 4.43. The van der Waals surface area contributed by atoms with E-state index in [4.69, 9.17) is 28.3 Å². The first-order chi connectivity index (χ1) is 10.1. The molecule has 3 atom stereocenters. The first-order valence-electron chi connectivity index (χ1n) is 7.46. The predicted molar refractivity (Wildman–Crippen MR) is 83.7 cm³/mol. The summed E-state index contributed by atoms with van der Waals surface area (Å²) in [6, 6.07) is 5.58. The molecule has 0 radical (unpaired) electrons. The lowest BCUT2D eigenvalue weighted by molar-refractivity contribution is -0.123. The van der Waals surface area contributed by atoms with Crippen molar-refractivity contribution in [2.24, 2.45) is 11.8 Å². The maximum absolute atomic E-state index is 12.3. The van der Waals surface area contributed by atoms with Gasteiger partial charge in [-0.15, -0.1) is 0 Å². The van der Waals surface area contributed by atoms with Crippen LogP contribution in [0.15, 0.2) is 18.2 Å². The van der Waals surface area contributed by atoms with Crippen LogP contribution in [-0.2, 0) is 4.79 Å². The van der Waals surface area contributed by atoms with E-state index in [0.717, 1.165) is 24.8 Å². The summed E-state index contributed by atoms with van der Waals surface area (Å²) in [5, 5.41) is 13.4. The van der Waals surface area contributed by atoms with Crippen LogP contribution in [0.4, 0.5) is 0 Å². The summed E-state index contributed by atoms with van der Waals surface area (Å²) in [5.41, 5.74) is 1.01. The largest absolute Gasteiger partial charge is 0.396 e. The molecule has 0 saturated heterocycles. The van der Waals surface area contributed by atoms with Gasteiger partial charge in [0, 0.05) is 28.6 Å². The Morgan fingerprint density at radius 2 is 2.14 bits per heavy atom. The average molecular weight is 328 g/mol. The molecule has 1 amide bonds. The second-order valence-corrected chi connectivity index (χ2v) is 6.92. The molecule has 0 aliphatic heterocycles. The van der Waals surface area contributed by atoms with Crippen molar-refractivity contribution in [1.82, 2.24) is 5.32 Å². The molecule has 21 heavy (non-hydrogen) atoms. The second kappa shape index (κ2) is 6.15. The standard InChI is InChI=1S/C16H19Cl2NO2/c17-10-3-4-11(14(18)7-10)12-8-13(12)16(21)19-15(5-6-20)9-1-2-9/h3-4,7,9,12-13,15,20H,1-2,5-6,8H2,(H,19,21). The first kappa shape index (κ1) is 15.1. The molecular weight excluding hydrogens is 309 g/mol. The van der Waals surface area contributed by atoms with Crippen LogP contribution >= 0.6 is 23.2 Å². The zero-order chi connectivity index (χ0) is 15.0. The summed E-state index contributed by atoms with van der Waals surface area (Å²) in [6.07, 6.45) is 3.79. The van der Waals surface area contributed by atoms with E-state index in [9.17, 15) is 4.79 Å². The fourth-order valence-electron chi connectivity index (χ4n) is 2.98. The van der Waals surface area contributed by atoms with Crippen LogP contribution in [0.2, 0.25) is 10.0 Å². The Balaban J connectivity index is 1.60. The molecule has 3 rings (SSSR count). The van der Waals surface area contributed by atoms with E-state index in [1.54, 1.807) is 6.07 Å². The van der Waals surface area contributed by atoms with Crippen molar-refractivity contribution in [3.8, 4) is 0 Å². The smallest absolute Gasteiger partial charge is 0.223 e. The van der Waals surface area contributed by atoms with Gasteiger partial charge < -0.3 is 10.4 Å². The molecule has 0 aromatic heterocycles. The molecule has 5 heteroatoms. The lowest BCUT2D eigenvalue weighted by Crippen LogP contribution is -2.38. The van der Waals surface area contributed by atoms with Gasteiger partial charge in [0.1, 0.15) is 0 Å². The first-order valence-corrected chi connectivity index (χ1v) is 8.22. The third-order valence-electron chi connectivity index (χ3n) is 4.45. The van der Waals surface area contributed by atoms with E-state index in [-0.39, 0.29) is 30.4 Å². The third kappa shape index (κ3) is 3.53. The molecule has 2 N–H and O–H groups in total. The van der Waals surface area contributed by atoms with Gasteiger partial charge in [0.2, 0.25) is 5.91 Å². The normalized spacial score (nSPS) is 25.5. The highest BCUT2D eigenvalue weighted by molar-refractivity contribution is 6.35. The van der Waals surface area contributed by atoms with Gasteiger partial charge >= 0.3 is 0 Å². The summed E-state index contributed by atoms with van der Waals surface area (Å²) >= 11 is 12.1. The molecule has 3 unspecified atom stereocenters. The fraction of sp³-hybridized carbons (Fsp3) is 0.562. The maximum atomic E-state index is 12.3. The number of amides is 1. The quantitative estimate of drug-likeness (QED) is 0.841. The summed E-state index contributed by atoms with van der Waals surface area (Å²) in [4.78, 5) is 12.3. The SMILES string of the molecule is O=C(NC(CCO)C1CC1)C1CC1c1ccc(Cl)cc1Cl. The molecule has 2 saturated carbocycles. The number of hydrogen-bond donors (Lipinski definition) is 2. The number of hydrogen-bond acceptors (Lipinski definition) is 2. The Morgan fingerprint density at radius 3 is 2.76 bits per heavy atom. The maximum Gasteiger partial charge on any atom is 0.223 e. The molecule has 2 aliphatic carbocycles. The molecule has 3 nitrogen and oxygen atoms in total. The van der Waals surface area contributed by atoms with Gasteiger partial charge in [0.15, 0.2) is 0 Å². The van der Waals surface area contributed by atoms with Crippen molar-refractivity contribution in [3.05, 3.63) is 33.8 Å². The highest BCUT2D eigenvalue weighted by Gasteiger charge is 2.46. The molecule has 2 fully saturated rings. The van der Waals surface area contributed by atoms with Crippen LogP contribution in [0.25, 0.3) is 0 Å². The topological polar surface area (TPSA) is 49.3 Å². The number of rotatable bonds is 6. The number of halogens is 2. The zero-order valence-electron chi connectivity index (χ0n) is 11.7. The van der Waals surface area contributed by atoms with Gasteiger partial charge in [0.25, 0.3) is 0 Å². The monoisotopic (exact) mass is 327 g/mol. The molecule has 2 aliphatic rings.